The highest BCUT2D eigenvalue weighted by molar-refractivity contribution is 5.99. The first-order chi connectivity index (χ1) is 19.8. The third-order valence-electron chi connectivity index (χ3n) is 6.41. The van der Waals surface area contributed by atoms with Crippen molar-refractivity contribution in [2.45, 2.75) is 26.2 Å². The van der Waals surface area contributed by atoms with Gasteiger partial charge in [-0.3, -0.25) is 10.1 Å². The van der Waals surface area contributed by atoms with Crippen LogP contribution in [0, 0.1) is 22.0 Å². The normalized spacial score (nSPS) is 14.8. The number of non-ortho nitro benzene ring substituents is 1. The summed E-state index contributed by atoms with van der Waals surface area (Å²) in [6.45, 7) is 3.29. The van der Waals surface area contributed by atoms with Gasteiger partial charge in [-0.2, -0.15) is 0 Å². The molecular formula is C31H28N4O6. The highest BCUT2D eigenvalue weighted by atomic mass is 16.6. The number of benzene rings is 2. The van der Waals surface area contributed by atoms with Gasteiger partial charge in [0.2, 0.25) is 0 Å². The summed E-state index contributed by atoms with van der Waals surface area (Å²) in [7, 11) is 1.23. The minimum Gasteiger partial charge on any atom is -0.466 e. The molecule has 208 valence electrons. The van der Waals surface area contributed by atoms with Gasteiger partial charge >= 0.3 is 11.9 Å². The molecule has 1 aliphatic heterocycles. The minimum atomic E-state index is -0.921. The Morgan fingerprint density at radius 3 is 2.49 bits per heavy atom. The average Bonchev–Trinajstić information content (AvgIpc) is 3.48. The molecule has 0 radical (unpaired) electrons. The lowest BCUT2D eigenvalue weighted by Crippen LogP contribution is -2.32. The molecule has 4 rings (SSSR count). The Labute approximate surface area is 236 Å². The summed E-state index contributed by atoms with van der Waals surface area (Å²) in [6, 6.07) is 13.6. The molecule has 0 bridgehead atoms. The van der Waals surface area contributed by atoms with Crippen LogP contribution in [0.1, 0.15) is 42.3 Å². The van der Waals surface area contributed by atoms with Crippen LogP contribution in [0.5, 0.6) is 0 Å². The molecule has 2 aromatic carbocycles. The zero-order chi connectivity index (χ0) is 29.4. The number of rotatable bonds is 8. The van der Waals surface area contributed by atoms with Crippen LogP contribution < -0.4 is 5.32 Å². The summed E-state index contributed by atoms with van der Waals surface area (Å²) in [5.41, 5.74) is 3.44. The van der Waals surface area contributed by atoms with E-state index in [2.05, 4.69) is 27.1 Å². The number of hydrogen-bond donors (Lipinski definition) is 2. The van der Waals surface area contributed by atoms with E-state index in [-0.39, 0.29) is 23.4 Å². The molecule has 0 saturated heterocycles. The molecule has 0 saturated carbocycles. The SMILES string of the molecule is COC(=O)C1=C(C)NC(C)=C(C(=O)OCC=CC#Cc2ccc(Cc3ncc[nH]3)cc2)C1c1cccc([N+](=O)[O-])c1. The maximum atomic E-state index is 13.3. The predicted molar refractivity (Wildman–Crippen MR) is 151 cm³/mol. The lowest BCUT2D eigenvalue weighted by atomic mass is 9.80. The summed E-state index contributed by atoms with van der Waals surface area (Å²) in [5, 5.41) is 14.4. The van der Waals surface area contributed by atoms with E-state index in [0.29, 0.717) is 23.4 Å². The fourth-order valence-electron chi connectivity index (χ4n) is 4.52. The molecule has 2 heterocycles. The molecule has 0 fully saturated rings. The molecule has 10 nitrogen and oxygen atoms in total. The van der Waals surface area contributed by atoms with Crippen molar-refractivity contribution in [3.05, 3.63) is 128 Å². The smallest absolute Gasteiger partial charge is 0.337 e. The number of ether oxygens (including phenoxy) is 2. The van der Waals surface area contributed by atoms with Gasteiger partial charge in [-0.1, -0.05) is 36.1 Å². The first-order valence-corrected chi connectivity index (χ1v) is 12.7. The number of nitrogens with one attached hydrogen (secondary N) is 2. The summed E-state index contributed by atoms with van der Waals surface area (Å²) >= 11 is 0. The second kappa shape index (κ2) is 13.1. The Kier molecular flexibility index (Phi) is 9.12. The van der Waals surface area contributed by atoms with Crippen LogP contribution in [0.4, 0.5) is 5.69 Å². The fraction of sp³-hybridized carbons (Fsp3) is 0.194. The second-order valence-electron chi connectivity index (χ2n) is 9.16. The number of nitrogens with zero attached hydrogens (tertiary/aromatic N) is 2. The Morgan fingerprint density at radius 2 is 1.83 bits per heavy atom. The number of allylic oxidation sites excluding steroid dienone is 3. The van der Waals surface area contributed by atoms with Crippen LogP contribution in [-0.4, -0.2) is 40.5 Å². The number of carbonyl (C=O) groups is 2. The molecule has 1 unspecified atom stereocenters. The van der Waals surface area contributed by atoms with Crippen molar-refractivity contribution in [2.24, 2.45) is 0 Å². The van der Waals surface area contributed by atoms with Crippen LogP contribution in [-0.2, 0) is 25.5 Å². The number of hydrogen-bond acceptors (Lipinski definition) is 8. The molecule has 0 amide bonds. The number of methoxy groups -OCH3 is 1. The van der Waals surface area contributed by atoms with Crippen molar-refractivity contribution in [2.75, 3.05) is 13.7 Å². The van der Waals surface area contributed by atoms with Gasteiger partial charge in [-0.15, -0.1) is 0 Å². The number of H-pyrrole nitrogens is 1. The van der Waals surface area contributed by atoms with Crippen molar-refractivity contribution in [1.29, 1.82) is 0 Å². The third-order valence-corrected chi connectivity index (χ3v) is 6.41. The van der Waals surface area contributed by atoms with E-state index in [9.17, 15) is 19.7 Å². The van der Waals surface area contributed by atoms with Crippen molar-refractivity contribution >= 4 is 17.6 Å². The summed E-state index contributed by atoms with van der Waals surface area (Å²) in [5.74, 6) is 4.58. The van der Waals surface area contributed by atoms with Crippen LogP contribution in [0.3, 0.4) is 0 Å². The van der Waals surface area contributed by atoms with Gasteiger partial charge in [0, 0.05) is 47.9 Å². The Bertz CT molecular complexity index is 1610. The number of aromatic amines is 1. The van der Waals surface area contributed by atoms with E-state index in [1.807, 2.05) is 24.3 Å². The first-order valence-electron chi connectivity index (χ1n) is 12.7. The maximum Gasteiger partial charge on any atom is 0.337 e. The number of esters is 2. The van der Waals surface area contributed by atoms with E-state index < -0.39 is 22.8 Å². The summed E-state index contributed by atoms with van der Waals surface area (Å²) < 4.78 is 10.5. The lowest BCUT2D eigenvalue weighted by Gasteiger charge is -2.30. The van der Waals surface area contributed by atoms with Gasteiger partial charge in [0.15, 0.2) is 0 Å². The minimum absolute atomic E-state index is 0.0652. The standard InChI is InChI=1S/C31H28N4O6/c1-20-27(30(36)40-3)29(24-9-7-10-25(19-24)35(38)39)28(21(2)34-20)31(37)41-17-6-4-5-8-22-11-13-23(14-12-22)18-26-32-15-16-33-26/h4,6-7,9-16,19,29,34H,17-18H2,1-3H3,(H,32,33). The van der Waals surface area contributed by atoms with E-state index in [1.165, 1.54) is 25.3 Å². The number of imidazole rings is 1. The molecule has 3 aromatic rings. The molecule has 41 heavy (non-hydrogen) atoms. The Hall–Kier alpha value is -5.43. The van der Waals surface area contributed by atoms with Gasteiger partial charge in [0.1, 0.15) is 12.4 Å². The highest BCUT2D eigenvalue weighted by Crippen LogP contribution is 2.40. The zero-order valence-electron chi connectivity index (χ0n) is 22.8. The van der Waals surface area contributed by atoms with Gasteiger partial charge in [0.25, 0.3) is 5.69 Å². The quantitative estimate of drug-likeness (QED) is 0.181. The van der Waals surface area contributed by atoms with Crippen LogP contribution in [0.25, 0.3) is 0 Å². The number of nitro benzene ring substituents is 1. The van der Waals surface area contributed by atoms with Crippen molar-refractivity contribution < 1.29 is 24.0 Å². The van der Waals surface area contributed by atoms with Crippen molar-refractivity contribution in [1.82, 2.24) is 15.3 Å². The van der Waals surface area contributed by atoms with Gasteiger partial charge in [-0.05, 0) is 49.3 Å². The number of dihydropyridines is 1. The third kappa shape index (κ3) is 6.96. The number of nitro groups is 1. The van der Waals surface area contributed by atoms with Crippen molar-refractivity contribution in [3.63, 3.8) is 0 Å². The molecule has 1 atom stereocenters. The maximum absolute atomic E-state index is 13.3. The van der Waals surface area contributed by atoms with E-state index in [0.717, 1.165) is 17.0 Å². The van der Waals surface area contributed by atoms with E-state index >= 15 is 0 Å². The first kappa shape index (κ1) is 28.6. The zero-order valence-corrected chi connectivity index (χ0v) is 22.8. The topological polar surface area (TPSA) is 136 Å². The Balaban J connectivity index is 1.46. The molecule has 10 heteroatoms. The molecule has 0 spiro atoms. The Morgan fingerprint density at radius 1 is 1.10 bits per heavy atom. The molecular weight excluding hydrogens is 524 g/mol. The molecule has 1 aromatic heterocycles. The number of carbonyl (C=O) groups excluding carboxylic acids is 2. The highest BCUT2D eigenvalue weighted by Gasteiger charge is 2.38. The van der Waals surface area contributed by atoms with E-state index in [4.69, 9.17) is 9.47 Å². The second-order valence-corrected chi connectivity index (χ2v) is 9.16. The monoisotopic (exact) mass is 552 g/mol. The largest absolute Gasteiger partial charge is 0.466 e. The van der Waals surface area contributed by atoms with Gasteiger partial charge in [0.05, 0.1) is 29.1 Å². The van der Waals surface area contributed by atoms with Gasteiger partial charge < -0.3 is 19.8 Å². The van der Waals surface area contributed by atoms with Crippen molar-refractivity contribution in [3.8, 4) is 11.8 Å². The summed E-state index contributed by atoms with van der Waals surface area (Å²) in [4.78, 5) is 44.2. The van der Waals surface area contributed by atoms with E-state index in [1.54, 1.807) is 44.5 Å². The molecule has 2 N–H and O–H groups in total. The average molecular weight is 553 g/mol. The van der Waals surface area contributed by atoms with Crippen LogP contribution >= 0.6 is 0 Å². The summed E-state index contributed by atoms with van der Waals surface area (Å²) in [6.07, 6.45) is 7.40. The number of aromatic nitrogens is 2. The van der Waals surface area contributed by atoms with Crippen LogP contribution in [0.15, 0.2) is 95.6 Å². The fourth-order valence-corrected chi connectivity index (χ4v) is 4.52. The predicted octanol–water partition coefficient (Wildman–Crippen LogP) is 4.47. The molecule has 0 aliphatic carbocycles. The van der Waals surface area contributed by atoms with Gasteiger partial charge in [-0.25, -0.2) is 14.6 Å². The lowest BCUT2D eigenvalue weighted by molar-refractivity contribution is -0.384. The van der Waals surface area contributed by atoms with Crippen LogP contribution in [0.2, 0.25) is 0 Å². The molecule has 1 aliphatic rings.